The molecule has 60 valence electrons. The average Bonchev–Trinajstić information content (AvgIpc) is 2.05. The van der Waals surface area contributed by atoms with Gasteiger partial charge in [-0.25, -0.2) is 0 Å². The molecule has 2 heteroatoms. The highest BCUT2D eigenvalue weighted by atomic mass is 14.6. The maximum atomic E-state index is 8.76. The zero-order valence-corrected chi connectivity index (χ0v) is 6.75. The summed E-state index contributed by atoms with van der Waals surface area (Å²) in [6.07, 6.45) is 2.45. The van der Waals surface area contributed by atoms with Crippen molar-refractivity contribution in [2.45, 2.75) is 6.42 Å². The van der Waals surface area contributed by atoms with E-state index in [1.807, 2.05) is 12.1 Å². The van der Waals surface area contributed by atoms with E-state index in [1.54, 1.807) is 12.1 Å². The van der Waals surface area contributed by atoms with Crippen molar-refractivity contribution < 1.29 is 0 Å². The Hall–Kier alpha value is -1.75. The minimum atomic E-state index is 0.539. The van der Waals surface area contributed by atoms with Crippen LogP contribution in [0.15, 0.2) is 30.9 Å². The van der Waals surface area contributed by atoms with Crippen molar-refractivity contribution >= 4 is 5.69 Å². The van der Waals surface area contributed by atoms with Crippen molar-refractivity contribution in [3.8, 4) is 6.07 Å². The lowest BCUT2D eigenvalue weighted by Crippen LogP contribution is -1.94. The van der Waals surface area contributed by atoms with Gasteiger partial charge in [0, 0.05) is 5.69 Å². The van der Waals surface area contributed by atoms with Gasteiger partial charge in [-0.05, 0) is 18.1 Å². The van der Waals surface area contributed by atoms with Crippen LogP contribution in [-0.2, 0) is 6.42 Å². The molecule has 1 aromatic rings. The van der Waals surface area contributed by atoms with Crippen molar-refractivity contribution in [2.75, 3.05) is 5.73 Å². The fourth-order valence-electron chi connectivity index (χ4n) is 1.08. The van der Waals surface area contributed by atoms with Gasteiger partial charge >= 0.3 is 0 Å². The molecule has 0 aromatic heterocycles. The number of hydrogen-bond acceptors (Lipinski definition) is 2. The van der Waals surface area contributed by atoms with Crippen LogP contribution in [0.4, 0.5) is 5.69 Å². The molecule has 1 rings (SSSR count). The first-order chi connectivity index (χ1) is 5.79. The summed E-state index contributed by atoms with van der Waals surface area (Å²) in [4.78, 5) is 0. The Morgan fingerprint density at radius 3 is 2.92 bits per heavy atom. The van der Waals surface area contributed by atoms with Gasteiger partial charge in [0.2, 0.25) is 0 Å². The maximum Gasteiger partial charge on any atom is 0.102 e. The van der Waals surface area contributed by atoms with E-state index in [2.05, 4.69) is 12.6 Å². The molecule has 0 aliphatic heterocycles. The van der Waals surface area contributed by atoms with Gasteiger partial charge in [0.1, 0.15) is 6.07 Å². The van der Waals surface area contributed by atoms with Crippen LogP contribution in [0.3, 0.4) is 0 Å². The second-order valence-electron chi connectivity index (χ2n) is 2.49. The molecule has 0 radical (unpaired) electrons. The van der Waals surface area contributed by atoms with E-state index in [0.717, 1.165) is 5.56 Å². The molecule has 0 aliphatic carbocycles. The highest BCUT2D eigenvalue weighted by molar-refractivity contribution is 5.58. The van der Waals surface area contributed by atoms with Crippen LogP contribution in [0.25, 0.3) is 0 Å². The van der Waals surface area contributed by atoms with E-state index in [0.29, 0.717) is 17.7 Å². The van der Waals surface area contributed by atoms with Gasteiger partial charge in [-0.15, -0.1) is 6.58 Å². The lowest BCUT2D eigenvalue weighted by atomic mass is 10.0. The summed E-state index contributed by atoms with van der Waals surface area (Å²) in [5, 5.41) is 8.76. The lowest BCUT2D eigenvalue weighted by molar-refractivity contribution is 1.25. The zero-order valence-electron chi connectivity index (χ0n) is 6.75. The van der Waals surface area contributed by atoms with Crippen LogP contribution in [0.1, 0.15) is 11.1 Å². The van der Waals surface area contributed by atoms with Crippen molar-refractivity contribution in [3.63, 3.8) is 0 Å². The average molecular weight is 158 g/mol. The molecular weight excluding hydrogens is 148 g/mol. The highest BCUT2D eigenvalue weighted by Crippen LogP contribution is 2.16. The Morgan fingerprint density at radius 1 is 1.58 bits per heavy atom. The fraction of sp³-hybridized carbons (Fsp3) is 0.100. The van der Waals surface area contributed by atoms with Gasteiger partial charge in [0.25, 0.3) is 0 Å². The fourth-order valence-corrected chi connectivity index (χ4v) is 1.08. The number of nitrogens with two attached hydrogens (primary N) is 1. The van der Waals surface area contributed by atoms with E-state index in [9.17, 15) is 0 Å². The molecule has 0 aliphatic rings. The maximum absolute atomic E-state index is 8.76. The molecule has 0 saturated heterocycles. The molecule has 12 heavy (non-hydrogen) atoms. The molecule has 0 bridgehead atoms. The number of hydrogen-bond donors (Lipinski definition) is 1. The highest BCUT2D eigenvalue weighted by Gasteiger charge is 2.02. The van der Waals surface area contributed by atoms with Gasteiger partial charge in [-0.3, -0.25) is 0 Å². The Morgan fingerprint density at radius 2 is 2.33 bits per heavy atom. The monoisotopic (exact) mass is 158 g/mol. The van der Waals surface area contributed by atoms with Crippen molar-refractivity contribution in [1.29, 1.82) is 5.26 Å². The summed E-state index contributed by atoms with van der Waals surface area (Å²) < 4.78 is 0. The number of nitriles is 1. The number of allylic oxidation sites excluding steroid dienone is 1. The van der Waals surface area contributed by atoms with Crippen molar-refractivity contribution in [2.24, 2.45) is 0 Å². The number of benzene rings is 1. The molecule has 0 atom stereocenters. The molecule has 0 amide bonds. The number of nitrogens with zero attached hydrogens (tertiary/aromatic N) is 1. The van der Waals surface area contributed by atoms with E-state index >= 15 is 0 Å². The largest absolute Gasteiger partial charge is 0.398 e. The molecule has 1 aromatic carbocycles. The number of nitrogen functional groups attached to an aromatic ring is 1. The number of anilines is 1. The second kappa shape index (κ2) is 3.59. The molecule has 0 fully saturated rings. The summed E-state index contributed by atoms with van der Waals surface area (Å²) in [7, 11) is 0. The van der Waals surface area contributed by atoms with Crippen molar-refractivity contribution in [3.05, 3.63) is 42.0 Å². The Kier molecular flexibility index (Phi) is 2.49. The summed E-state index contributed by atoms with van der Waals surface area (Å²) >= 11 is 0. The van der Waals surface area contributed by atoms with Gasteiger partial charge in [-0.2, -0.15) is 5.26 Å². The van der Waals surface area contributed by atoms with E-state index < -0.39 is 0 Å². The lowest BCUT2D eigenvalue weighted by Gasteiger charge is -2.02. The normalized spacial score (nSPS) is 8.92. The van der Waals surface area contributed by atoms with Crippen LogP contribution in [0, 0.1) is 11.3 Å². The minimum absolute atomic E-state index is 0.539. The molecule has 0 heterocycles. The third-order valence-corrected chi connectivity index (χ3v) is 1.66. The molecule has 0 unspecified atom stereocenters. The summed E-state index contributed by atoms with van der Waals surface area (Å²) in [5.41, 5.74) is 7.65. The topological polar surface area (TPSA) is 49.8 Å². The van der Waals surface area contributed by atoms with E-state index in [-0.39, 0.29) is 0 Å². The standard InChI is InChI=1S/C10H10N2/c1-2-4-8-5-3-6-10(12)9(8)7-11/h2-3,5-6H,1,4,12H2. The Balaban J connectivity index is 3.20. The van der Waals surface area contributed by atoms with Crippen molar-refractivity contribution in [1.82, 2.24) is 0 Å². The predicted octanol–water partition coefficient (Wildman–Crippen LogP) is 1.87. The van der Waals surface area contributed by atoms with Gasteiger partial charge in [0.05, 0.1) is 5.56 Å². The van der Waals surface area contributed by atoms with Crippen LogP contribution < -0.4 is 5.73 Å². The van der Waals surface area contributed by atoms with E-state index in [4.69, 9.17) is 11.0 Å². The zero-order chi connectivity index (χ0) is 8.97. The third-order valence-electron chi connectivity index (χ3n) is 1.66. The van der Waals surface area contributed by atoms with Gasteiger partial charge in [0.15, 0.2) is 0 Å². The smallest absolute Gasteiger partial charge is 0.102 e. The molecule has 0 spiro atoms. The first-order valence-corrected chi connectivity index (χ1v) is 3.68. The SMILES string of the molecule is C=CCc1cccc(N)c1C#N. The third kappa shape index (κ3) is 1.46. The van der Waals surface area contributed by atoms with Crippen LogP contribution in [0.2, 0.25) is 0 Å². The molecule has 2 N–H and O–H groups in total. The van der Waals surface area contributed by atoms with Crippen LogP contribution in [-0.4, -0.2) is 0 Å². The van der Waals surface area contributed by atoms with Crippen LogP contribution in [0.5, 0.6) is 0 Å². The summed E-state index contributed by atoms with van der Waals surface area (Å²) in [6, 6.07) is 7.53. The summed E-state index contributed by atoms with van der Waals surface area (Å²) in [6.45, 7) is 3.61. The first-order valence-electron chi connectivity index (χ1n) is 3.68. The predicted molar refractivity (Wildman–Crippen MR) is 49.5 cm³/mol. The molecule has 2 nitrogen and oxygen atoms in total. The van der Waals surface area contributed by atoms with E-state index in [1.165, 1.54) is 0 Å². The Bertz CT molecular complexity index is 334. The Labute approximate surface area is 71.9 Å². The van der Waals surface area contributed by atoms with Gasteiger partial charge < -0.3 is 5.73 Å². The summed E-state index contributed by atoms with van der Waals surface area (Å²) in [5.74, 6) is 0. The van der Waals surface area contributed by atoms with Crippen LogP contribution >= 0.6 is 0 Å². The second-order valence-corrected chi connectivity index (χ2v) is 2.49. The minimum Gasteiger partial charge on any atom is -0.398 e. The first kappa shape index (κ1) is 8.35. The molecular formula is C10H10N2. The quantitative estimate of drug-likeness (QED) is 0.527. The van der Waals surface area contributed by atoms with Gasteiger partial charge in [-0.1, -0.05) is 18.2 Å². The number of rotatable bonds is 2. The molecule has 0 saturated carbocycles.